The van der Waals surface area contributed by atoms with Crippen LogP contribution in [0.4, 0.5) is 13.2 Å². The van der Waals surface area contributed by atoms with Crippen molar-refractivity contribution in [1.29, 1.82) is 0 Å². The van der Waals surface area contributed by atoms with Crippen molar-refractivity contribution in [2.24, 2.45) is 0 Å². The highest BCUT2D eigenvalue weighted by atomic mass is 19.4. The highest BCUT2D eigenvalue weighted by Gasteiger charge is 2.42. The van der Waals surface area contributed by atoms with Crippen molar-refractivity contribution in [1.82, 2.24) is 4.90 Å². The van der Waals surface area contributed by atoms with Crippen molar-refractivity contribution in [3.05, 3.63) is 29.8 Å². The largest absolute Gasteiger partial charge is 0.497 e. The molecule has 2 aliphatic rings. The molecule has 0 aromatic heterocycles. The number of rotatable bonds is 4. The number of ether oxygens (including phenoxy) is 3. The van der Waals surface area contributed by atoms with Gasteiger partial charge in [0.25, 0.3) is 0 Å². The van der Waals surface area contributed by atoms with Gasteiger partial charge in [0.15, 0.2) is 0 Å². The Morgan fingerprint density at radius 1 is 1.25 bits per heavy atom. The Hall–Kier alpha value is -1.84. The molecule has 2 saturated heterocycles. The molecule has 9 heteroatoms. The summed E-state index contributed by atoms with van der Waals surface area (Å²) >= 11 is 0. The first-order valence-corrected chi connectivity index (χ1v) is 8.99. The minimum atomic E-state index is -5.08. The number of hydrogen-bond acceptors (Lipinski definition) is 5. The lowest BCUT2D eigenvalue weighted by Gasteiger charge is -2.38. The number of methoxy groups -OCH3 is 2. The zero-order chi connectivity index (χ0) is 20.8. The van der Waals surface area contributed by atoms with Gasteiger partial charge in [-0.05, 0) is 30.5 Å². The van der Waals surface area contributed by atoms with E-state index < -0.39 is 12.1 Å². The second-order valence-electron chi connectivity index (χ2n) is 6.98. The first kappa shape index (κ1) is 22.4. The van der Waals surface area contributed by atoms with Crippen molar-refractivity contribution in [2.45, 2.75) is 43.7 Å². The Bertz CT molecular complexity index is 627. The Kier molecular flexibility index (Phi) is 7.68. The fraction of sp³-hybridized carbons (Fsp3) is 0.632. The lowest BCUT2D eigenvalue weighted by molar-refractivity contribution is -0.192. The molecule has 1 N–H and O–H groups in total. The average molecular weight is 405 g/mol. The zero-order valence-corrected chi connectivity index (χ0v) is 16.0. The number of benzene rings is 1. The van der Waals surface area contributed by atoms with Gasteiger partial charge < -0.3 is 19.3 Å². The summed E-state index contributed by atoms with van der Waals surface area (Å²) < 4.78 is 48.4. The minimum Gasteiger partial charge on any atom is -0.497 e. The van der Waals surface area contributed by atoms with Crippen LogP contribution in [-0.2, 0) is 20.8 Å². The van der Waals surface area contributed by atoms with Gasteiger partial charge >= 0.3 is 12.1 Å². The van der Waals surface area contributed by atoms with Crippen LogP contribution in [0.3, 0.4) is 0 Å². The van der Waals surface area contributed by atoms with E-state index in [1.165, 1.54) is 5.56 Å². The van der Waals surface area contributed by atoms with Crippen molar-refractivity contribution >= 4 is 5.97 Å². The van der Waals surface area contributed by atoms with Gasteiger partial charge in [-0.2, -0.15) is 13.2 Å². The molecular formula is C19H26F3NO5. The van der Waals surface area contributed by atoms with E-state index in [0.29, 0.717) is 0 Å². The molecule has 0 amide bonds. The Morgan fingerprint density at radius 2 is 1.82 bits per heavy atom. The van der Waals surface area contributed by atoms with Crippen LogP contribution in [0.5, 0.6) is 5.75 Å². The molecular weight excluding hydrogens is 379 g/mol. The van der Waals surface area contributed by atoms with E-state index in [9.17, 15) is 13.2 Å². The molecule has 1 aromatic rings. The summed E-state index contributed by atoms with van der Waals surface area (Å²) in [7, 11) is 3.49. The molecule has 3 rings (SSSR count). The highest BCUT2D eigenvalue weighted by molar-refractivity contribution is 5.73. The zero-order valence-electron chi connectivity index (χ0n) is 16.0. The third-order valence-electron chi connectivity index (χ3n) is 5.08. The number of carboxylic acid groups (broad SMARTS) is 1. The van der Waals surface area contributed by atoms with Crippen molar-refractivity contribution in [3.8, 4) is 5.75 Å². The molecule has 0 aliphatic carbocycles. The lowest BCUT2D eigenvalue weighted by atomic mass is 9.88. The number of hydrogen-bond donors (Lipinski definition) is 1. The van der Waals surface area contributed by atoms with E-state index in [4.69, 9.17) is 24.1 Å². The number of likely N-dealkylation sites (tertiary alicyclic amines) is 1. The molecule has 2 heterocycles. The third-order valence-corrected chi connectivity index (χ3v) is 5.08. The molecule has 1 atom stereocenters. The summed E-state index contributed by atoms with van der Waals surface area (Å²) in [6, 6.07) is 8.36. The summed E-state index contributed by atoms with van der Waals surface area (Å²) in [6.45, 7) is 3.97. The van der Waals surface area contributed by atoms with E-state index in [-0.39, 0.29) is 11.7 Å². The molecule has 28 heavy (non-hydrogen) atoms. The molecule has 0 saturated carbocycles. The average Bonchev–Trinajstić information content (AvgIpc) is 3.07. The third kappa shape index (κ3) is 6.35. The van der Waals surface area contributed by atoms with E-state index in [1.54, 1.807) is 14.2 Å². The highest BCUT2D eigenvalue weighted by Crippen LogP contribution is 2.37. The maximum atomic E-state index is 10.6. The second kappa shape index (κ2) is 9.58. The van der Waals surface area contributed by atoms with Crippen LogP contribution in [0.1, 0.15) is 24.8 Å². The molecule has 2 fully saturated rings. The van der Waals surface area contributed by atoms with Gasteiger partial charge in [-0.3, -0.25) is 4.90 Å². The van der Waals surface area contributed by atoms with Crippen molar-refractivity contribution < 1.29 is 37.3 Å². The van der Waals surface area contributed by atoms with Crippen LogP contribution < -0.4 is 4.74 Å². The molecule has 1 aromatic carbocycles. The van der Waals surface area contributed by atoms with Crippen LogP contribution >= 0.6 is 0 Å². The minimum absolute atomic E-state index is 0.0804. The molecule has 2 aliphatic heterocycles. The van der Waals surface area contributed by atoms with Crippen LogP contribution in [0.15, 0.2) is 24.3 Å². The van der Waals surface area contributed by atoms with Crippen LogP contribution in [0, 0.1) is 0 Å². The molecule has 6 nitrogen and oxygen atoms in total. The molecule has 0 bridgehead atoms. The van der Waals surface area contributed by atoms with Gasteiger partial charge in [-0.15, -0.1) is 0 Å². The topological polar surface area (TPSA) is 68.2 Å². The van der Waals surface area contributed by atoms with Gasteiger partial charge in [0, 0.05) is 33.2 Å². The molecule has 1 unspecified atom stereocenters. The fourth-order valence-corrected chi connectivity index (χ4v) is 3.41. The number of halogens is 3. The van der Waals surface area contributed by atoms with Gasteiger partial charge in [0.2, 0.25) is 0 Å². The number of piperidine rings is 1. The predicted octanol–water partition coefficient (Wildman–Crippen LogP) is 3.10. The summed E-state index contributed by atoms with van der Waals surface area (Å²) in [5.41, 5.74) is 1.42. The Morgan fingerprint density at radius 3 is 2.25 bits per heavy atom. The molecule has 158 valence electrons. The van der Waals surface area contributed by atoms with Gasteiger partial charge in [-0.1, -0.05) is 12.1 Å². The first-order chi connectivity index (χ1) is 13.2. The second-order valence-corrected chi connectivity index (χ2v) is 6.98. The van der Waals surface area contributed by atoms with E-state index in [1.807, 2.05) is 12.1 Å². The number of carbonyl (C=O) groups is 1. The van der Waals surface area contributed by atoms with Crippen molar-refractivity contribution in [2.75, 3.05) is 33.9 Å². The monoisotopic (exact) mass is 405 g/mol. The quantitative estimate of drug-likeness (QED) is 0.830. The fourth-order valence-electron chi connectivity index (χ4n) is 3.41. The Labute approximate surface area is 162 Å². The number of aliphatic carboxylic acids is 1. The van der Waals surface area contributed by atoms with E-state index in [0.717, 1.165) is 51.3 Å². The van der Waals surface area contributed by atoms with E-state index in [2.05, 4.69) is 17.0 Å². The number of carboxylic acids is 1. The maximum absolute atomic E-state index is 10.6. The molecule has 1 spiro atoms. The first-order valence-electron chi connectivity index (χ1n) is 8.99. The standard InChI is InChI=1S/C17H25NO3.C2HF3O2/c1-19-15-5-3-14(4-6-15)12-18-9-7-17(8-10-18)11-16(20-2)13-21-17;3-2(4,5)1(6)7/h3-6,16H,7-13H2,1-2H3;(H,6,7). The predicted molar refractivity (Wildman–Crippen MR) is 95.3 cm³/mol. The summed E-state index contributed by atoms with van der Waals surface area (Å²) in [5.74, 6) is -1.84. The molecule has 0 radical (unpaired) electrons. The van der Waals surface area contributed by atoms with E-state index >= 15 is 0 Å². The lowest BCUT2D eigenvalue weighted by Crippen LogP contribution is -2.43. The summed E-state index contributed by atoms with van der Waals surface area (Å²) in [4.78, 5) is 11.4. The van der Waals surface area contributed by atoms with Crippen LogP contribution in [0.25, 0.3) is 0 Å². The summed E-state index contributed by atoms with van der Waals surface area (Å²) in [5, 5.41) is 7.12. The smallest absolute Gasteiger partial charge is 0.490 e. The Balaban J connectivity index is 0.000000345. The van der Waals surface area contributed by atoms with Crippen molar-refractivity contribution in [3.63, 3.8) is 0 Å². The normalized spacial score (nSPS) is 21.8. The number of alkyl halides is 3. The number of nitrogens with zero attached hydrogens (tertiary/aromatic N) is 1. The SMILES string of the molecule is COc1ccc(CN2CCC3(CC2)CC(OC)CO3)cc1.O=C(O)C(F)(F)F. The van der Waals surface area contributed by atoms with Gasteiger partial charge in [0.1, 0.15) is 5.75 Å². The van der Waals surface area contributed by atoms with Gasteiger partial charge in [-0.25, -0.2) is 4.79 Å². The van der Waals surface area contributed by atoms with Gasteiger partial charge in [0.05, 0.1) is 25.4 Å². The summed E-state index contributed by atoms with van der Waals surface area (Å²) in [6.07, 6.45) is -1.51. The van der Waals surface area contributed by atoms with Crippen LogP contribution in [-0.4, -0.2) is 67.8 Å². The maximum Gasteiger partial charge on any atom is 0.490 e. The van der Waals surface area contributed by atoms with Crippen LogP contribution in [0.2, 0.25) is 0 Å².